The van der Waals surface area contributed by atoms with E-state index in [1.54, 1.807) is 6.08 Å². The van der Waals surface area contributed by atoms with Gasteiger partial charge in [-0.1, -0.05) is 20.4 Å². The molecule has 0 radical (unpaired) electrons. The van der Waals surface area contributed by atoms with Crippen LogP contribution in [0.5, 0.6) is 0 Å². The molecule has 1 aromatic rings. The molecule has 0 bridgehead atoms. The number of pyridine rings is 1. The Morgan fingerprint density at radius 2 is 2.27 bits per heavy atom. The van der Waals surface area contributed by atoms with Gasteiger partial charge in [-0.05, 0) is 29.7 Å². The Balaban J connectivity index is 3.00. The van der Waals surface area contributed by atoms with Crippen LogP contribution in [0, 0.1) is 0 Å². The van der Waals surface area contributed by atoms with Gasteiger partial charge in [0.1, 0.15) is 0 Å². The smallest absolute Gasteiger partial charge is 0.0626 e. The summed E-state index contributed by atoms with van der Waals surface area (Å²) in [4.78, 5) is 4.12. The molecule has 58 valence electrons. The molecule has 11 heavy (non-hydrogen) atoms. The fourth-order valence-corrected chi connectivity index (χ4v) is 0.936. The lowest BCUT2D eigenvalue weighted by Crippen LogP contribution is -1.89. The normalized spacial score (nSPS) is 10.1. The zero-order chi connectivity index (χ0) is 8.27. The maximum atomic E-state index is 4.12. The molecule has 1 aromatic heterocycles. The second-order valence-electron chi connectivity index (χ2n) is 2.87. The quantitative estimate of drug-likeness (QED) is 0.626. The van der Waals surface area contributed by atoms with E-state index in [0.29, 0.717) is 5.92 Å². The van der Waals surface area contributed by atoms with Gasteiger partial charge in [-0.15, -0.1) is 0 Å². The average Bonchev–Trinajstić information content (AvgIpc) is 2.05. The number of rotatable bonds is 2. The van der Waals surface area contributed by atoms with Crippen LogP contribution in [0.15, 0.2) is 24.9 Å². The molecular formula is C10H13N. The molecule has 1 heterocycles. The summed E-state index contributed by atoms with van der Waals surface area (Å²) in [6.45, 7) is 8.01. The molecule has 1 nitrogen and oxygen atoms in total. The topological polar surface area (TPSA) is 12.9 Å². The Labute approximate surface area is 67.8 Å². The molecule has 0 aliphatic rings. The second-order valence-corrected chi connectivity index (χ2v) is 2.87. The van der Waals surface area contributed by atoms with Crippen LogP contribution in [0.3, 0.4) is 0 Å². The summed E-state index contributed by atoms with van der Waals surface area (Å²) in [5.41, 5.74) is 2.27. The summed E-state index contributed by atoms with van der Waals surface area (Å²) >= 11 is 0. The Morgan fingerprint density at radius 1 is 1.55 bits per heavy atom. The first kappa shape index (κ1) is 7.99. The van der Waals surface area contributed by atoms with E-state index in [-0.39, 0.29) is 0 Å². The standard InChI is InChI=1S/C10H13N/c1-4-10-7-9(8(2)3)5-6-11-10/h4-8H,1H2,2-3H3. The highest BCUT2D eigenvalue weighted by Crippen LogP contribution is 2.13. The Kier molecular flexibility index (Phi) is 2.42. The van der Waals surface area contributed by atoms with E-state index < -0.39 is 0 Å². The predicted molar refractivity (Wildman–Crippen MR) is 48.4 cm³/mol. The van der Waals surface area contributed by atoms with Crippen LogP contribution >= 0.6 is 0 Å². The van der Waals surface area contributed by atoms with Gasteiger partial charge >= 0.3 is 0 Å². The van der Waals surface area contributed by atoms with Crippen molar-refractivity contribution in [2.45, 2.75) is 19.8 Å². The first-order valence-electron chi connectivity index (χ1n) is 3.82. The van der Waals surface area contributed by atoms with Gasteiger partial charge < -0.3 is 0 Å². The van der Waals surface area contributed by atoms with Crippen LogP contribution in [-0.4, -0.2) is 4.98 Å². The number of nitrogens with zero attached hydrogens (tertiary/aromatic N) is 1. The number of hydrogen-bond donors (Lipinski definition) is 0. The summed E-state index contributed by atoms with van der Waals surface area (Å²) in [6.07, 6.45) is 3.60. The highest BCUT2D eigenvalue weighted by molar-refractivity contribution is 5.42. The van der Waals surface area contributed by atoms with Crippen LogP contribution in [0.25, 0.3) is 6.08 Å². The lowest BCUT2D eigenvalue weighted by molar-refractivity contribution is 0.862. The van der Waals surface area contributed by atoms with Crippen LogP contribution in [-0.2, 0) is 0 Å². The molecule has 0 aliphatic heterocycles. The zero-order valence-electron chi connectivity index (χ0n) is 7.04. The summed E-state index contributed by atoms with van der Waals surface area (Å²) in [5, 5.41) is 0. The minimum absolute atomic E-state index is 0.566. The van der Waals surface area contributed by atoms with Gasteiger partial charge in [-0.3, -0.25) is 4.98 Å². The van der Waals surface area contributed by atoms with Gasteiger partial charge in [0.2, 0.25) is 0 Å². The van der Waals surface area contributed by atoms with Crippen molar-refractivity contribution in [1.29, 1.82) is 0 Å². The van der Waals surface area contributed by atoms with Gasteiger partial charge in [-0.25, -0.2) is 0 Å². The summed E-state index contributed by atoms with van der Waals surface area (Å²) in [6, 6.07) is 4.11. The Bertz CT molecular complexity index is 251. The third-order valence-corrected chi connectivity index (χ3v) is 1.68. The average molecular weight is 147 g/mol. The van der Waals surface area contributed by atoms with Crippen LogP contribution < -0.4 is 0 Å². The highest BCUT2D eigenvalue weighted by atomic mass is 14.7. The van der Waals surface area contributed by atoms with E-state index in [0.717, 1.165) is 5.69 Å². The fraction of sp³-hybridized carbons (Fsp3) is 0.300. The summed E-state index contributed by atoms with van der Waals surface area (Å²) in [7, 11) is 0. The molecular weight excluding hydrogens is 134 g/mol. The first-order valence-corrected chi connectivity index (χ1v) is 3.82. The molecule has 0 spiro atoms. The van der Waals surface area contributed by atoms with Crippen molar-refractivity contribution in [3.05, 3.63) is 36.2 Å². The predicted octanol–water partition coefficient (Wildman–Crippen LogP) is 2.85. The molecule has 0 saturated heterocycles. The molecule has 0 aromatic carbocycles. The molecule has 0 aliphatic carbocycles. The molecule has 0 saturated carbocycles. The molecule has 0 unspecified atom stereocenters. The Morgan fingerprint density at radius 3 is 2.82 bits per heavy atom. The zero-order valence-corrected chi connectivity index (χ0v) is 7.04. The summed E-state index contributed by atoms with van der Waals surface area (Å²) < 4.78 is 0. The van der Waals surface area contributed by atoms with Crippen molar-refractivity contribution in [3.8, 4) is 0 Å². The monoisotopic (exact) mass is 147 g/mol. The first-order chi connectivity index (χ1) is 5.24. The van der Waals surface area contributed by atoms with Gasteiger partial charge in [0.15, 0.2) is 0 Å². The molecule has 0 N–H and O–H groups in total. The van der Waals surface area contributed by atoms with E-state index in [4.69, 9.17) is 0 Å². The number of aromatic nitrogens is 1. The van der Waals surface area contributed by atoms with Gasteiger partial charge in [0, 0.05) is 6.20 Å². The van der Waals surface area contributed by atoms with E-state index >= 15 is 0 Å². The molecule has 0 atom stereocenters. The molecule has 0 fully saturated rings. The SMILES string of the molecule is C=Cc1cc(C(C)C)ccn1. The molecule has 1 rings (SSSR count). The Hall–Kier alpha value is -1.11. The van der Waals surface area contributed by atoms with Crippen LogP contribution in [0.1, 0.15) is 31.0 Å². The van der Waals surface area contributed by atoms with Crippen molar-refractivity contribution in [2.24, 2.45) is 0 Å². The largest absolute Gasteiger partial charge is 0.257 e. The van der Waals surface area contributed by atoms with Gasteiger partial charge in [-0.2, -0.15) is 0 Å². The van der Waals surface area contributed by atoms with E-state index in [1.807, 2.05) is 12.3 Å². The second kappa shape index (κ2) is 3.33. The van der Waals surface area contributed by atoms with Crippen LogP contribution in [0.2, 0.25) is 0 Å². The fourth-order valence-electron chi connectivity index (χ4n) is 0.936. The van der Waals surface area contributed by atoms with Crippen molar-refractivity contribution in [3.63, 3.8) is 0 Å². The lowest BCUT2D eigenvalue weighted by Gasteiger charge is -2.04. The van der Waals surface area contributed by atoms with Gasteiger partial charge in [0.25, 0.3) is 0 Å². The highest BCUT2D eigenvalue weighted by Gasteiger charge is 1.97. The minimum Gasteiger partial charge on any atom is -0.257 e. The third kappa shape index (κ3) is 1.90. The molecule has 1 heteroatoms. The van der Waals surface area contributed by atoms with Crippen LogP contribution in [0.4, 0.5) is 0 Å². The maximum Gasteiger partial charge on any atom is 0.0626 e. The van der Waals surface area contributed by atoms with E-state index in [2.05, 4.69) is 31.5 Å². The molecule has 0 amide bonds. The van der Waals surface area contributed by atoms with E-state index in [9.17, 15) is 0 Å². The number of hydrogen-bond acceptors (Lipinski definition) is 1. The van der Waals surface area contributed by atoms with Crippen molar-refractivity contribution in [1.82, 2.24) is 4.98 Å². The lowest BCUT2D eigenvalue weighted by atomic mass is 10.0. The maximum absolute atomic E-state index is 4.12. The third-order valence-electron chi connectivity index (χ3n) is 1.68. The van der Waals surface area contributed by atoms with E-state index in [1.165, 1.54) is 5.56 Å². The van der Waals surface area contributed by atoms with Crippen molar-refractivity contribution < 1.29 is 0 Å². The van der Waals surface area contributed by atoms with Crippen molar-refractivity contribution in [2.75, 3.05) is 0 Å². The minimum atomic E-state index is 0.566. The summed E-state index contributed by atoms with van der Waals surface area (Å²) in [5.74, 6) is 0.566. The van der Waals surface area contributed by atoms with Crippen molar-refractivity contribution >= 4 is 6.08 Å². The van der Waals surface area contributed by atoms with Gasteiger partial charge in [0.05, 0.1) is 5.69 Å².